The minimum absolute atomic E-state index is 0.178. The van der Waals surface area contributed by atoms with Gasteiger partial charge in [-0.3, -0.25) is 14.4 Å². The number of anilines is 2. The third-order valence-corrected chi connectivity index (χ3v) is 5.56. The van der Waals surface area contributed by atoms with Crippen molar-refractivity contribution >= 4 is 28.8 Å². The van der Waals surface area contributed by atoms with Gasteiger partial charge in [-0.05, 0) is 56.2 Å². The van der Waals surface area contributed by atoms with Gasteiger partial charge in [-0.15, -0.1) is 0 Å². The van der Waals surface area contributed by atoms with Crippen molar-refractivity contribution in [2.24, 2.45) is 0 Å². The van der Waals surface area contributed by atoms with Gasteiger partial charge in [-0.25, -0.2) is 0 Å². The maximum atomic E-state index is 12.9. The van der Waals surface area contributed by atoms with E-state index in [2.05, 4.69) is 10.6 Å². The minimum atomic E-state index is -0.486. The number of carbonyl (C=O) groups excluding carboxylic acids is 3. The molecule has 1 aliphatic carbocycles. The van der Waals surface area contributed by atoms with Gasteiger partial charge < -0.3 is 10.6 Å². The topological polar surface area (TPSA) is 75.3 Å². The Morgan fingerprint density at radius 1 is 0.800 bits per heavy atom. The summed E-state index contributed by atoms with van der Waals surface area (Å²) in [6, 6.07) is 17.0. The number of rotatable bonds is 4. The van der Waals surface area contributed by atoms with E-state index < -0.39 is 6.04 Å². The molecule has 0 fully saturated rings. The lowest BCUT2D eigenvalue weighted by atomic mass is 9.84. The molecule has 0 aromatic heterocycles. The zero-order valence-electron chi connectivity index (χ0n) is 17.1. The largest absolute Gasteiger partial charge is 0.374 e. The van der Waals surface area contributed by atoms with Crippen LogP contribution in [0.3, 0.4) is 0 Å². The van der Waals surface area contributed by atoms with E-state index in [-0.39, 0.29) is 17.5 Å². The molecule has 0 aliphatic heterocycles. The van der Waals surface area contributed by atoms with Crippen LogP contribution in [0.25, 0.3) is 0 Å². The molecule has 5 heteroatoms. The second-order valence-electron chi connectivity index (χ2n) is 7.57. The quantitative estimate of drug-likeness (QED) is 0.530. The highest BCUT2D eigenvalue weighted by Gasteiger charge is 2.29. The van der Waals surface area contributed by atoms with Crippen LogP contribution >= 0.6 is 0 Å². The van der Waals surface area contributed by atoms with Crippen LogP contribution in [0.5, 0.6) is 0 Å². The van der Waals surface area contributed by atoms with Gasteiger partial charge in [0.2, 0.25) is 5.91 Å². The van der Waals surface area contributed by atoms with Gasteiger partial charge in [0.25, 0.3) is 0 Å². The van der Waals surface area contributed by atoms with Gasteiger partial charge in [-0.1, -0.05) is 36.4 Å². The molecule has 0 saturated carbocycles. The van der Waals surface area contributed by atoms with Crippen LogP contribution < -0.4 is 10.6 Å². The highest BCUT2D eigenvalue weighted by atomic mass is 16.2. The number of hydrogen-bond donors (Lipinski definition) is 2. The third-order valence-electron chi connectivity index (χ3n) is 5.56. The Balaban J connectivity index is 1.55. The Morgan fingerprint density at radius 3 is 2.13 bits per heavy atom. The summed E-state index contributed by atoms with van der Waals surface area (Å²) in [5.74, 6) is -0.619. The molecule has 0 heterocycles. The maximum Gasteiger partial charge on any atom is 0.246 e. The molecule has 4 rings (SSSR count). The molecule has 30 heavy (non-hydrogen) atoms. The summed E-state index contributed by atoms with van der Waals surface area (Å²) < 4.78 is 0. The van der Waals surface area contributed by atoms with E-state index in [0.29, 0.717) is 27.9 Å². The number of fused-ring (bicyclic) bond motifs is 2. The first-order valence-corrected chi connectivity index (χ1v) is 9.83. The fourth-order valence-corrected chi connectivity index (χ4v) is 3.63. The van der Waals surface area contributed by atoms with E-state index in [1.165, 1.54) is 0 Å². The monoisotopic (exact) mass is 398 g/mol. The molecule has 0 unspecified atom stereocenters. The Bertz CT molecular complexity index is 1200. The molecular weight excluding hydrogens is 376 g/mol. The van der Waals surface area contributed by atoms with Gasteiger partial charge in [-0.2, -0.15) is 0 Å². The zero-order chi connectivity index (χ0) is 21.4. The Kier molecular flexibility index (Phi) is 4.96. The lowest BCUT2D eigenvalue weighted by Gasteiger charge is -2.20. The molecule has 1 amide bonds. The molecule has 2 N–H and O–H groups in total. The molecule has 0 saturated heterocycles. The average molecular weight is 398 g/mol. The second kappa shape index (κ2) is 7.59. The van der Waals surface area contributed by atoms with Crippen LogP contribution in [0.1, 0.15) is 49.9 Å². The number of nitrogens with one attached hydrogen (secondary N) is 2. The predicted octanol–water partition coefficient (Wildman–Crippen LogP) is 4.52. The van der Waals surface area contributed by atoms with Gasteiger partial charge in [0.1, 0.15) is 6.04 Å². The van der Waals surface area contributed by atoms with Crippen LogP contribution in [-0.2, 0) is 4.79 Å². The molecular formula is C25H22N2O3. The van der Waals surface area contributed by atoms with Crippen LogP contribution in [0.15, 0.2) is 60.7 Å². The number of benzene rings is 3. The molecule has 3 aromatic rings. The molecule has 1 aliphatic rings. The van der Waals surface area contributed by atoms with Crippen molar-refractivity contribution in [3.8, 4) is 0 Å². The highest BCUT2D eigenvalue weighted by molar-refractivity contribution is 6.28. The number of amides is 1. The number of ketones is 2. The first-order chi connectivity index (χ1) is 14.4. The van der Waals surface area contributed by atoms with Crippen LogP contribution in [0.2, 0.25) is 0 Å². The normalized spacial score (nSPS) is 13.3. The number of aryl methyl sites for hydroxylation is 1. The summed E-state index contributed by atoms with van der Waals surface area (Å²) in [4.78, 5) is 38.3. The van der Waals surface area contributed by atoms with E-state index in [0.717, 1.165) is 16.8 Å². The van der Waals surface area contributed by atoms with Crippen molar-refractivity contribution in [3.05, 3.63) is 94.0 Å². The third kappa shape index (κ3) is 3.39. The summed E-state index contributed by atoms with van der Waals surface area (Å²) in [5.41, 5.74) is 5.10. The van der Waals surface area contributed by atoms with Crippen LogP contribution in [0, 0.1) is 13.8 Å². The fourth-order valence-electron chi connectivity index (χ4n) is 3.63. The van der Waals surface area contributed by atoms with E-state index in [1.54, 1.807) is 49.4 Å². The molecule has 150 valence electrons. The van der Waals surface area contributed by atoms with Gasteiger partial charge in [0.05, 0.1) is 0 Å². The first kappa shape index (κ1) is 19.6. The summed E-state index contributed by atoms with van der Waals surface area (Å²) in [6.07, 6.45) is 0. The van der Waals surface area contributed by atoms with Crippen LogP contribution in [0.4, 0.5) is 11.4 Å². The van der Waals surface area contributed by atoms with Crippen molar-refractivity contribution in [1.29, 1.82) is 0 Å². The summed E-state index contributed by atoms with van der Waals surface area (Å²) in [6.45, 7) is 5.81. The van der Waals surface area contributed by atoms with E-state index in [4.69, 9.17) is 0 Å². The van der Waals surface area contributed by atoms with E-state index >= 15 is 0 Å². The van der Waals surface area contributed by atoms with Crippen molar-refractivity contribution in [3.63, 3.8) is 0 Å². The Morgan fingerprint density at radius 2 is 1.43 bits per heavy atom. The predicted molar refractivity (Wildman–Crippen MR) is 117 cm³/mol. The van der Waals surface area contributed by atoms with Crippen molar-refractivity contribution in [1.82, 2.24) is 0 Å². The van der Waals surface area contributed by atoms with Crippen LogP contribution in [-0.4, -0.2) is 23.5 Å². The van der Waals surface area contributed by atoms with Gasteiger partial charge in [0, 0.05) is 33.6 Å². The smallest absolute Gasteiger partial charge is 0.246 e. The Hall–Kier alpha value is -3.73. The fraction of sp³-hybridized carbons (Fsp3) is 0.160. The molecule has 0 spiro atoms. The molecule has 0 radical (unpaired) electrons. The summed E-state index contributed by atoms with van der Waals surface area (Å²) in [5, 5.41) is 6.07. The van der Waals surface area contributed by atoms with Gasteiger partial charge >= 0.3 is 0 Å². The van der Waals surface area contributed by atoms with Crippen molar-refractivity contribution < 1.29 is 14.4 Å². The van der Waals surface area contributed by atoms with E-state index in [9.17, 15) is 14.4 Å². The second-order valence-corrected chi connectivity index (χ2v) is 7.57. The van der Waals surface area contributed by atoms with Gasteiger partial charge in [0.15, 0.2) is 11.6 Å². The SMILES string of the molecule is Cc1cccc(N[C@@H](C)C(=O)Nc2ccc3c(c2)C(=O)c2ccccc2C3=O)c1C. The molecule has 0 bridgehead atoms. The molecule has 1 atom stereocenters. The minimum Gasteiger partial charge on any atom is -0.374 e. The average Bonchev–Trinajstić information content (AvgIpc) is 2.75. The lowest BCUT2D eigenvalue weighted by Crippen LogP contribution is -2.32. The van der Waals surface area contributed by atoms with Crippen molar-refractivity contribution in [2.45, 2.75) is 26.8 Å². The lowest BCUT2D eigenvalue weighted by molar-refractivity contribution is -0.116. The van der Waals surface area contributed by atoms with E-state index in [1.807, 2.05) is 32.0 Å². The number of carbonyl (C=O) groups is 3. The van der Waals surface area contributed by atoms with Crippen molar-refractivity contribution in [2.75, 3.05) is 10.6 Å². The first-order valence-electron chi connectivity index (χ1n) is 9.83. The Labute approximate surface area is 175 Å². The zero-order valence-corrected chi connectivity index (χ0v) is 17.1. The maximum absolute atomic E-state index is 12.9. The number of hydrogen-bond acceptors (Lipinski definition) is 4. The molecule has 5 nitrogen and oxygen atoms in total. The summed E-state index contributed by atoms with van der Waals surface area (Å²) in [7, 11) is 0. The standard InChI is InChI=1S/C25H22N2O3/c1-14-7-6-10-22(15(14)2)26-16(3)25(30)27-17-11-12-20-21(13-17)24(29)19-9-5-4-8-18(19)23(20)28/h4-13,16,26H,1-3H3,(H,27,30)/t16-/m0/s1. The highest BCUT2D eigenvalue weighted by Crippen LogP contribution is 2.29. The molecule has 3 aromatic carbocycles. The summed E-state index contributed by atoms with van der Waals surface area (Å²) >= 11 is 0.